The first kappa shape index (κ1) is 21.2. The van der Waals surface area contributed by atoms with Crippen molar-refractivity contribution in [3.8, 4) is 17.2 Å². The Bertz CT molecular complexity index is 1340. The van der Waals surface area contributed by atoms with Crippen LogP contribution < -0.4 is 10.1 Å². The van der Waals surface area contributed by atoms with E-state index in [-0.39, 0.29) is 11.1 Å². The van der Waals surface area contributed by atoms with Gasteiger partial charge in [-0.2, -0.15) is 0 Å². The van der Waals surface area contributed by atoms with Crippen LogP contribution in [0.2, 0.25) is 0 Å². The van der Waals surface area contributed by atoms with E-state index in [1.165, 1.54) is 0 Å². The Balaban J connectivity index is 1.31. The largest absolute Gasteiger partial charge is 0.493 e. The zero-order valence-corrected chi connectivity index (χ0v) is 18.7. The Morgan fingerprint density at radius 2 is 1.85 bits per heavy atom. The van der Waals surface area contributed by atoms with Gasteiger partial charge in [-0.15, -0.1) is 0 Å². The number of carbonyl (C=O) groups excluding carboxylic acids is 2. The lowest BCUT2D eigenvalue weighted by Crippen LogP contribution is -2.25. The number of hydrogen-bond acceptors (Lipinski definition) is 7. The van der Waals surface area contributed by atoms with Crippen LogP contribution in [0.25, 0.3) is 22.2 Å². The van der Waals surface area contributed by atoms with Crippen molar-refractivity contribution in [3.05, 3.63) is 77.9 Å². The van der Waals surface area contributed by atoms with Gasteiger partial charge in [-0.1, -0.05) is 42.1 Å². The fourth-order valence-corrected chi connectivity index (χ4v) is 4.75. The van der Waals surface area contributed by atoms with Crippen LogP contribution in [0.15, 0.2) is 65.3 Å². The normalized spacial score (nSPS) is 15.7. The highest BCUT2D eigenvalue weighted by atomic mass is 32.2. The van der Waals surface area contributed by atoms with Crippen LogP contribution in [-0.4, -0.2) is 33.0 Å². The molecule has 0 saturated carbocycles. The van der Waals surface area contributed by atoms with E-state index in [1.54, 1.807) is 12.4 Å². The molecule has 0 bridgehead atoms. The maximum absolute atomic E-state index is 12.0. The summed E-state index contributed by atoms with van der Waals surface area (Å²) in [5.41, 5.74) is 2.75. The Labute approximate surface area is 194 Å². The number of aromatic nitrogens is 2. The standard InChI is InChI=1S/C25H21N3O4S/c1-15-20(27-24(32-15)16-8-11-26-12-9-16)10-13-31-21-7-6-17(18-4-2-3-5-19(18)21)14-22-23(29)28-25(30)33-22/h2-9,11-12,22H,10,13-14H2,1H3,(H,28,29,30). The minimum Gasteiger partial charge on any atom is -0.493 e. The van der Waals surface area contributed by atoms with E-state index in [0.29, 0.717) is 25.3 Å². The second-order valence-corrected chi connectivity index (χ2v) is 8.89. The first-order valence-electron chi connectivity index (χ1n) is 10.6. The van der Waals surface area contributed by atoms with E-state index in [9.17, 15) is 9.59 Å². The van der Waals surface area contributed by atoms with Crippen LogP contribution in [0.5, 0.6) is 5.75 Å². The summed E-state index contributed by atoms with van der Waals surface area (Å²) in [5.74, 6) is 1.88. The Hall–Kier alpha value is -3.65. The van der Waals surface area contributed by atoms with Crippen LogP contribution in [0, 0.1) is 6.92 Å². The zero-order chi connectivity index (χ0) is 22.8. The monoisotopic (exact) mass is 459 g/mol. The number of oxazole rings is 1. The minimum absolute atomic E-state index is 0.233. The lowest BCUT2D eigenvalue weighted by Gasteiger charge is -2.13. The number of pyridine rings is 1. The highest BCUT2D eigenvalue weighted by molar-refractivity contribution is 8.15. The van der Waals surface area contributed by atoms with Gasteiger partial charge in [-0.05, 0) is 42.5 Å². The van der Waals surface area contributed by atoms with Gasteiger partial charge in [0.15, 0.2) is 0 Å². The topological polar surface area (TPSA) is 94.3 Å². The molecule has 0 spiro atoms. The summed E-state index contributed by atoms with van der Waals surface area (Å²) in [4.78, 5) is 32.1. The van der Waals surface area contributed by atoms with Gasteiger partial charge in [0.25, 0.3) is 5.24 Å². The number of rotatable bonds is 7. The molecule has 0 aliphatic carbocycles. The van der Waals surface area contributed by atoms with Crippen LogP contribution in [-0.2, 0) is 17.6 Å². The average molecular weight is 460 g/mol. The third-order valence-electron chi connectivity index (χ3n) is 5.56. The van der Waals surface area contributed by atoms with Crippen LogP contribution >= 0.6 is 11.8 Å². The van der Waals surface area contributed by atoms with Gasteiger partial charge in [-0.25, -0.2) is 4.98 Å². The van der Waals surface area contributed by atoms with Crippen molar-refractivity contribution >= 4 is 33.7 Å². The Morgan fingerprint density at radius 3 is 2.61 bits per heavy atom. The molecule has 33 heavy (non-hydrogen) atoms. The van der Waals surface area contributed by atoms with Gasteiger partial charge in [0, 0.05) is 29.8 Å². The number of amides is 2. The zero-order valence-electron chi connectivity index (χ0n) is 17.9. The average Bonchev–Trinajstić information content (AvgIpc) is 3.36. The number of fused-ring (bicyclic) bond motifs is 1. The molecule has 2 aromatic carbocycles. The van der Waals surface area contributed by atoms with Crippen molar-refractivity contribution in [2.45, 2.75) is 25.0 Å². The van der Waals surface area contributed by atoms with E-state index in [4.69, 9.17) is 9.15 Å². The number of nitrogens with one attached hydrogen (secondary N) is 1. The maximum Gasteiger partial charge on any atom is 0.286 e. The van der Waals surface area contributed by atoms with E-state index in [2.05, 4.69) is 15.3 Å². The molecular weight excluding hydrogens is 438 g/mol. The summed E-state index contributed by atoms with van der Waals surface area (Å²) in [6, 6.07) is 15.6. The summed E-state index contributed by atoms with van der Waals surface area (Å²) in [7, 11) is 0. The van der Waals surface area contributed by atoms with Gasteiger partial charge >= 0.3 is 0 Å². The molecule has 8 heteroatoms. The lowest BCUT2D eigenvalue weighted by molar-refractivity contribution is -0.118. The summed E-state index contributed by atoms with van der Waals surface area (Å²) in [6.07, 6.45) is 4.51. The third kappa shape index (κ3) is 4.47. The van der Waals surface area contributed by atoms with Crippen molar-refractivity contribution in [1.29, 1.82) is 0 Å². The fraction of sp³-hybridized carbons (Fsp3) is 0.200. The molecule has 1 aliphatic rings. The van der Waals surface area contributed by atoms with E-state index >= 15 is 0 Å². The van der Waals surface area contributed by atoms with Crippen molar-refractivity contribution in [2.24, 2.45) is 0 Å². The number of imide groups is 1. The van der Waals surface area contributed by atoms with Gasteiger partial charge < -0.3 is 9.15 Å². The predicted octanol–water partition coefficient (Wildman–Crippen LogP) is 4.71. The van der Waals surface area contributed by atoms with Gasteiger partial charge in [-0.3, -0.25) is 19.9 Å². The number of aryl methyl sites for hydroxylation is 1. The van der Waals surface area contributed by atoms with Crippen molar-refractivity contribution in [3.63, 3.8) is 0 Å². The molecule has 7 nitrogen and oxygen atoms in total. The molecule has 0 radical (unpaired) electrons. The van der Waals surface area contributed by atoms with E-state index in [1.807, 2.05) is 55.5 Å². The SMILES string of the molecule is Cc1oc(-c2ccncc2)nc1CCOc1ccc(CC2SC(=O)NC2=O)c2ccccc12. The first-order valence-corrected chi connectivity index (χ1v) is 11.5. The van der Waals surface area contributed by atoms with Gasteiger partial charge in [0.2, 0.25) is 11.8 Å². The smallest absolute Gasteiger partial charge is 0.286 e. The summed E-state index contributed by atoms with van der Waals surface area (Å²) >= 11 is 1.04. The molecule has 5 rings (SSSR count). The quantitative estimate of drug-likeness (QED) is 0.428. The molecule has 1 atom stereocenters. The van der Waals surface area contributed by atoms with Crippen molar-refractivity contribution < 1.29 is 18.7 Å². The molecule has 2 aromatic heterocycles. The number of hydrogen-bond donors (Lipinski definition) is 1. The number of benzene rings is 2. The minimum atomic E-state index is -0.405. The van der Waals surface area contributed by atoms with E-state index < -0.39 is 5.25 Å². The third-order valence-corrected chi connectivity index (χ3v) is 6.54. The van der Waals surface area contributed by atoms with Crippen molar-refractivity contribution in [2.75, 3.05) is 6.61 Å². The molecule has 2 amide bonds. The summed E-state index contributed by atoms with van der Waals surface area (Å²) in [5, 5.41) is 3.64. The highest BCUT2D eigenvalue weighted by Crippen LogP contribution is 2.32. The second-order valence-electron chi connectivity index (χ2n) is 7.71. The summed E-state index contributed by atoms with van der Waals surface area (Å²) in [6.45, 7) is 2.35. The van der Waals surface area contributed by atoms with Crippen molar-refractivity contribution in [1.82, 2.24) is 15.3 Å². The second kappa shape index (κ2) is 9.07. The number of thioether (sulfide) groups is 1. The molecule has 4 aromatic rings. The van der Waals surface area contributed by atoms with Crippen LogP contribution in [0.4, 0.5) is 4.79 Å². The highest BCUT2D eigenvalue weighted by Gasteiger charge is 2.32. The molecule has 1 aliphatic heterocycles. The van der Waals surface area contributed by atoms with Crippen LogP contribution in [0.1, 0.15) is 17.0 Å². The first-order chi connectivity index (χ1) is 16.1. The predicted molar refractivity (Wildman–Crippen MR) is 126 cm³/mol. The number of carbonyl (C=O) groups is 2. The molecular formula is C25H21N3O4S. The molecule has 1 saturated heterocycles. The molecule has 3 heterocycles. The van der Waals surface area contributed by atoms with Crippen LogP contribution in [0.3, 0.4) is 0 Å². The Morgan fingerprint density at radius 1 is 1.06 bits per heavy atom. The molecule has 1 fully saturated rings. The lowest BCUT2D eigenvalue weighted by atomic mass is 10.00. The number of nitrogens with zero attached hydrogens (tertiary/aromatic N) is 2. The Kier molecular flexibility index (Phi) is 5.83. The summed E-state index contributed by atoms with van der Waals surface area (Å²) < 4.78 is 11.9. The fourth-order valence-electron chi connectivity index (χ4n) is 3.90. The van der Waals surface area contributed by atoms with Gasteiger partial charge in [0.05, 0.1) is 17.6 Å². The molecule has 1 N–H and O–H groups in total. The maximum atomic E-state index is 12.0. The molecule has 1 unspecified atom stereocenters. The number of ether oxygens (including phenoxy) is 1. The van der Waals surface area contributed by atoms with E-state index in [0.717, 1.165) is 50.9 Å². The molecule has 166 valence electrons. The van der Waals surface area contributed by atoms with Gasteiger partial charge in [0.1, 0.15) is 11.5 Å².